The van der Waals surface area contributed by atoms with Gasteiger partial charge in [-0.1, -0.05) is 0 Å². The lowest BCUT2D eigenvalue weighted by atomic mass is 9.86. The number of H-pyrrole nitrogens is 1. The quantitative estimate of drug-likeness (QED) is 0.477. The lowest BCUT2D eigenvalue weighted by molar-refractivity contribution is -0.140. The molecule has 1 unspecified atom stereocenters. The molecule has 2 N–H and O–H groups in total. The topological polar surface area (TPSA) is 105 Å². The number of thiophene rings is 1. The molecular formula is C23H24N6O3S. The number of aryl methyl sites for hydroxylation is 1. The van der Waals surface area contributed by atoms with Gasteiger partial charge in [-0.15, -0.1) is 11.3 Å². The van der Waals surface area contributed by atoms with E-state index in [-0.39, 0.29) is 11.8 Å². The van der Waals surface area contributed by atoms with Gasteiger partial charge in [-0.05, 0) is 30.9 Å². The smallest absolute Gasteiger partial charge is 0.226 e. The molecule has 6 rings (SSSR count). The molecule has 4 aromatic rings. The van der Waals surface area contributed by atoms with Crippen molar-refractivity contribution in [2.24, 2.45) is 5.92 Å². The fourth-order valence-electron chi connectivity index (χ4n) is 4.82. The summed E-state index contributed by atoms with van der Waals surface area (Å²) in [4.78, 5) is 26.3. The second-order valence-electron chi connectivity index (χ2n) is 8.42. The fourth-order valence-corrected chi connectivity index (χ4v) is 6.09. The lowest BCUT2D eigenvalue weighted by Crippen LogP contribution is -2.44. The third kappa shape index (κ3) is 3.59. The van der Waals surface area contributed by atoms with Crippen molar-refractivity contribution >= 4 is 49.9 Å². The number of hydrogen-bond donors (Lipinski definition) is 2. The number of ether oxygens (including phenoxy) is 2. The Balaban J connectivity index is 1.32. The molecule has 10 heteroatoms. The summed E-state index contributed by atoms with van der Waals surface area (Å²) in [5.41, 5.74) is 2.99. The molecule has 1 aliphatic heterocycles. The van der Waals surface area contributed by atoms with Crippen LogP contribution in [0.4, 0.5) is 11.5 Å². The number of aromatic amines is 1. The number of nitrogens with zero attached hydrogens (tertiary/aromatic N) is 4. The van der Waals surface area contributed by atoms with E-state index in [2.05, 4.69) is 25.5 Å². The first-order chi connectivity index (χ1) is 16.2. The van der Waals surface area contributed by atoms with Crippen LogP contribution in [0, 0.1) is 5.92 Å². The Labute approximate surface area is 194 Å². The number of fused-ring (bicyclic) bond motifs is 4. The molecule has 1 fully saturated rings. The molecule has 1 atom stereocenters. The molecule has 3 aromatic heterocycles. The highest BCUT2D eigenvalue weighted by molar-refractivity contribution is 7.19. The van der Waals surface area contributed by atoms with Gasteiger partial charge in [0.05, 0.1) is 43.1 Å². The van der Waals surface area contributed by atoms with Crippen molar-refractivity contribution in [1.82, 2.24) is 25.1 Å². The van der Waals surface area contributed by atoms with E-state index in [1.807, 2.05) is 17.0 Å². The highest BCUT2D eigenvalue weighted by atomic mass is 32.1. The van der Waals surface area contributed by atoms with E-state index in [9.17, 15) is 4.79 Å². The Morgan fingerprint density at radius 2 is 2.18 bits per heavy atom. The summed E-state index contributed by atoms with van der Waals surface area (Å²) in [6.07, 6.45) is 5.82. The van der Waals surface area contributed by atoms with Crippen molar-refractivity contribution in [3.05, 3.63) is 35.1 Å². The Morgan fingerprint density at radius 3 is 3.03 bits per heavy atom. The summed E-state index contributed by atoms with van der Waals surface area (Å²) in [6, 6.07) is 3.93. The van der Waals surface area contributed by atoms with E-state index < -0.39 is 0 Å². The van der Waals surface area contributed by atoms with E-state index in [4.69, 9.17) is 9.47 Å². The van der Waals surface area contributed by atoms with Crippen LogP contribution in [-0.2, 0) is 22.4 Å². The summed E-state index contributed by atoms with van der Waals surface area (Å²) in [5, 5.41) is 12.6. The van der Waals surface area contributed by atoms with Gasteiger partial charge in [-0.2, -0.15) is 5.10 Å². The zero-order chi connectivity index (χ0) is 22.4. The minimum Gasteiger partial charge on any atom is -0.494 e. The van der Waals surface area contributed by atoms with Gasteiger partial charge in [0, 0.05) is 35.3 Å². The number of amides is 1. The summed E-state index contributed by atoms with van der Waals surface area (Å²) in [5.74, 6) is 1.75. The first kappa shape index (κ1) is 20.4. The monoisotopic (exact) mass is 464 g/mol. The molecule has 1 aromatic carbocycles. The number of anilines is 2. The minimum absolute atomic E-state index is 0.0247. The predicted octanol–water partition coefficient (Wildman–Crippen LogP) is 3.28. The van der Waals surface area contributed by atoms with Crippen molar-refractivity contribution in [3.8, 4) is 5.75 Å². The van der Waals surface area contributed by atoms with Crippen LogP contribution in [0.5, 0.6) is 5.75 Å². The third-order valence-corrected chi connectivity index (χ3v) is 7.69. The van der Waals surface area contributed by atoms with Crippen LogP contribution in [0.25, 0.3) is 21.1 Å². The van der Waals surface area contributed by atoms with Gasteiger partial charge in [0.2, 0.25) is 5.91 Å². The first-order valence-electron chi connectivity index (χ1n) is 11.1. The van der Waals surface area contributed by atoms with Gasteiger partial charge in [-0.3, -0.25) is 9.89 Å². The van der Waals surface area contributed by atoms with Gasteiger partial charge in [-0.25, -0.2) is 9.97 Å². The zero-order valence-electron chi connectivity index (χ0n) is 18.3. The molecule has 33 heavy (non-hydrogen) atoms. The second kappa shape index (κ2) is 8.27. The zero-order valence-corrected chi connectivity index (χ0v) is 19.1. The molecule has 0 bridgehead atoms. The number of methoxy groups -OCH3 is 1. The molecular weight excluding hydrogens is 440 g/mol. The predicted molar refractivity (Wildman–Crippen MR) is 126 cm³/mol. The highest BCUT2D eigenvalue weighted by Gasteiger charge is 2.32. The van der Waals surface area contributed by atoms with Gasteiger partial charge in [0.15, 0.2) is 0 Å². The molecule has 9 nitrogen and oxygen atoms in total. The van der Waals surface area contributed by atoms with Gasteiger partial charge in [0.25, 0.3) is 0 Å². The number of morpholine rings is 1. The Morgan fingerprint density at radius 1 is 1.30 bits per heavy atom. The van der Waals surface area contributed by atoms with Crippen LogP contribution in [0.2, 0.25) is 0 Å². The summed E-state index contributed by atoms with van der Waals surface area (Å²) >= 11 is 1.67. The third-order valence-electron chi connectivity index (χ3n) is 6.53. The Kier molecular flexibility index (Phi) is 5.11. The van der Waals surface area contributed by atoms with Crippen LogP contribution in [-0.4, -0.2) is 64.4 Å². The average molecular weight is 465 g/mol. The van der Waals surface area contributed by atoms with E-state index in [0.717, 1.165) is 51.9 Å². The summed E-state index contributed by atoms with van der Waals surface area (Å²) < 4.78 is 11.0. The van der Waals surface area contributed by atoms with Crippen LogP contribution < -0.4 is 10.1 Å². The van der Waals surface area contributed by atoms with Crippen molar-refractivity contribution in [2.45, 2.75) is 19.3 Å². The number of benzene rings is 1. The standard InChI is InChI=1S/C23H24N6O3S/c1-31-18-10-16-14(11-26-28-16)8-17(18)27-21-20-15-3-2-13(23(30)29-4-6-32-7-5-29)9-19(15)33-22(20)25-12-24-21/h8,10-13H,2-7,9H2,1H3,(H,26,28)(H,24,25,27). The van der Waals surface area contributed by atoms with E-state index >= 15 is 0 Å². The SMILES string of the molecule is COc1cc2[nH]ncc2cc1Nc1ncnc2sc3c(c12)CCC(C(=O)N1CCOCC1)C3. The first-order valence-corrected chi connectivity index (χ1v) is 11.9. The number of aromatic nitrogens is 4. The largest absolute Gasteiger partial charge is 0.494 e. The van der Waals surface area contributed by atoms with E-state index in [1.54, 1.807) is 31.0 Å². The molecule has 170 valence electrons. The van der Waals surface area contributed by atoms with E-state index in [0.29, 0.717) is 32.1 Å². The maximum Gasteiger partial charge on any atom is 0.226 e. The van der Waals surface area contributed by atoms with Crippen molar-refractivity contribution in [3.63, 3.8) is 0 Å². The minimum atomic E-state index is 0.0247. The summed E-state index contributed by atoms with van der Waals surface area (Å²) in [7, 11) is 1.65. The molecule has 0 spiro atoms. The molecule has 2 aliphatic rings. The van der Waals surface area contributed by atoms with E-state index in [1.165, 1.54) is 10.4 Å². The molecule has 4 heterocycles. The molecule has 1 amide bonds. The molecule has 0 radical (unpaired) electrons. The fraction of sp³-hybridized carbons (Fsp3) is 0.391. The molecule has 1 saturated heterocycles. The average Bonchev–Trinajstić information content (AvgIpc) is 3.47. The van der Waals surface area contributed by atoms with Crippen molar-refractivity contribution in [2.75, 3.05) is 38.7 Å². The van der Waals surface area contributed by atoms with Crippen LogP contribution in [0.1, 0.15) is 16.9 Å². The number of nitrogens with one attached hydrogen (secondary N) is 2. The van der Waals surface area contributed by atoms with Crippen molar-refractivity contribution in [1.29, 1.82) is 0 Å². The van der Waals surface area contributed by atoms with Crippen LogP contribution >= 0.6 is 11.3 Å². The van der Waals surface area contributed by atoms with Gasteiger partial charge < -0.3 is 19.7 Å². The van der Waals surface area contributed by atoms with Crippen molar-refractivity contribution < 1.29 is 14.3 Å². The van der Waals surface area contributed by atoms with Crippen LogP contribution in [0.3, 0.4) is 0 Å². The molecule has 1 aliphatic carbocycles. The lowest BCUT2D eigenvalue weighted by Gasteiger charge is -2.31. The number of carbonyl (C=O) groups excluding carboxylic acids is 1. The van der Waals surface area contributed by atoms with Gasteiger partial charge in [0.1, 0.15) is 22.7 Å². The number of carbonyl (C=O) groups is 1. The number of hydrogen-bond acceptors (Lipinski definition) is 8. The van der Waals surface area contributed by atoms with Crippen LogP contribution in [0.15, 0.2) is 24.7 Å². The second-order valence-corrected chi connectivity index (χ2v) is 9.50. The highest BCUT2D eigenvalue weighted by Crippen LogP contribution is 2.42. The van der Waals surface area contributed by atoms with Gasteiger partial charge >= 0.3 is 0 Å². The molecule has 0 saturated carbocycles. The number of rotatable bonds is 4. The maximum absolute atomic E-state index is 13.1. The Bertz CT molecular complexity index is 1340. The summed E-state index contributed by atoms with van der Waals surface area (Å²) in [6.45, 7) is 2.64. The normalized spacial score (nSPS) is 18.5. The Hall–Kier alpha value is -3.24. The maximum atomic E-state index is 13.1.